The molecular formula is C19H17N3O3. The topological polar surface area (TPSA) is 66.7 Å². The summed E-state index contributed by atoms with van der Waals surface area (Å²) in [6.45, 7) is 1.99. The van der Waals surface area contributed by atoms with Gasteiger partial charge in [0.2, 0.25) is 0 Å². The Balaban J connectivity index is 1.49. The fraction of sp³-hybridized carbons (Fsp3) is 0.211. The summed E-state index contributed by atoms with van der Waals surface area (Å²) in [5.74, 6) is 0.176. The number of piperazine rings is 1. The van der Waals surface area contributed by atoms with E-state index >= 15 is 0 Å². The number of hydrogen-bond donors (Lipinski definition) is 0. The molecule has 0 radical (unpaired) electrons. The molecule has 3 aromatic rings. The van der Waals surface area contributed by atoms with E-state index in [9.17, 15) is 9.59 Å². The molecule has 6 heteroatoms. The van der Waals surface area contributed by atoms with Gasteiger partial charge in [-0.15, -0.1) is 0 Å². The van der Waals surface area contributed by atoms with Crippen LogP contribution < -0.4 is 0 Å². The van der Waals surface area contributed by atoms with E-state index in [1.807, 2.05) is 24.3 Å². The van der Waals surface area contributed by atoms with Gasteiger partial charge in [-0.1, -0.05) is 18.2 Å². The number of carbonyl (C=O) groups is 2. The predicted molar refractivity (Wildman–Crippen MR) is 92.3 cm³/mol. The number of nitrogens with zero attached hydrogens (tertiary/aromatic N) is 3. The third-order valence-electron chi connectivity index (χ3n) is 4.47. The SMILES string of the molecule is O=C(c1ccco1)N1CCN(C(=O)c2ccnc3ccccc23)CC1. The van der Waals surface area contributed by atoms with Gasteiger partial charge in [-0.25, -0.2) is 0 Å². The van der Waals surface area contributed by atoms with Gasteiger partial charge < -0.3 is 14.2 Å². The molecule has 1 aliphatic heterocycles. The van der Waals surface area contributed by atoms with Crippen LogP contribution in [0.1, 0.15) is 20.9 Å². The maximum Gasteiger partial charge on any atom is 0.289 e. The van der Waals surface area contributed by atoms with Crippen molar-refractivity contribution >= 4 is 22.7 Å². The Morgan fingerprint density at radius 2 is 1.60 bits per heavy atom. The molecule has 1 aromatic carbocycles. The van der Waals surface area contributed by atoms with Crippen molar-refractivity contribution in [1.29, 1.82) is 0 Å². The summed E-state index contributed by atoms with van der Waals surface area (Å²) in [5.41, 5.74) is 1.45. The van der Waals surface area contributed by atoms with Gasteiger partial charge in [0.05, 0.1) is 17.3 Å². The quantitative estimate of drug-likeness (QED) is 0.721. The van der Waals surface area contributed by atoms with E-state index in [2.05, 4.69) is 4.98 Å². The molecule has 0 N–H and O–H groups in total. The first-order chi connectivity index (χ1) is 12.2. The van der Waals surface area contributed by atoms with Crippen LogP contribution in [0.2, 0.25) is 0 Å². The number of furan rings is 1. The Morgan fingerprint density at radius 3 is 2.32 bits per heavy atom. The van der Waals surface area contributed by atoms with Crippen LogP contribution in [0.15, 0.2) is 59.3 Å². The van der Waals surface area contributed by atoms with E-state index in [4.69, 9.17) is 4.42 Å². The highest BCUT2D eigenvalue weighted by Gasteiger charge is 2.27. The van der Waals surface area contributed by atoms with Crippen molar-refractivity contribution < 1.29 is 14.0 Å². The Kier molecular flexibility index (Phi) is 3.93. The summed E-state index contributed by atoms with van der Waals surface area (Å²) < 4.78 is 5.16. The van der Waals surface area contributed by atoms with Crippen LogP contribution in [0, 0.1) is 0 Å². The largest absolute Gasteiger partial charge is 0.459 e. The van der Waals surface area contributed by atoms with Crippen molar-refractivity contribution in [1.82, 2.24) is 14.8 Å². The van der Waals surface area contributed by atoms with Crippen molar-refractivity contribution in [2.75, 3.05) is 26.2 Å². The molecular weight excluding hydrogens is 318 g/mol. The number of fused-ring (bicyclic) bond motifs is 1. The van der Waals surface area contributed by atoms with E-state index in [-0.39, 0.29) is 11.8 Å². The summed E-state index contributed by atoms with van der Waals surface area (Å²) in [6.07, 6.45) is 3.15. The summed E-state index contributed by atoms with van der Waals surface area (Å²) >= 11 is 0. The molecule has 126 valence electrons. The lowest BCUT2D eigenvalue weighted by molar-refractivity contribution is 0.0519. The first-order valence-corrected chi connectivity index (χ1v) is 8.20. The zero-order valence-corrected chi connectivity index (χ0v) is 13.6. The molecule has 25 heavy (non-hydrogen) atoms. The number of carbonyl (C=O) groups excluding carboxylic acids is 2. The molecule has 2 amide bonds. The molecule has 4 rings (SSSR count). The van der Waals surface area contributed by atoms with Gasteiger partial charge in [-0.05, 0) is 24.3 Å². The summed E-state index contributed by atoms with van der Waals surface area (Å²) in [7, 11) is 0. The standard InChI is InChI=1S/C19H17N3O3/c23-18(15-7-8-20-16-5-2-1-4-14(15)16)21-9-11-22(12-10-21)19(24)17-6-3-13-25-17/h1-8,13H,9-12H2. The van der Waals surface area contributed by atoms with Crippen molar-refractivity contribution in [2.24, 2.45) is 0 Å². The van der Waals surface area contributed by atoms with Crippen LogP contribution in [0.5, 0.6) is 0 Å². The minimum Gasteiger partial charge on any atom is -0.459 e. The van der Waals surface area contributed by atoms with Crippen molar-refractivity contribution in [3.63, 3.8) is 0 Å². The van der Waals surface area contributed by atoms with E-state index in [0.29, 0.717) is 37.5 Å². The van der Waals surface area contributed by atoms with E-state index in [1.54, 1.807) is 34.2 Å². The Bertz CT molecular complexity index is 907. The Morgan fingerprint density at radius 1 is 0.880 bits per heavy atom. The van der Waals surface area contributed by atoms with Crippen molar-refractivity contribution in [3.05, 3.63) is 66.2 Å². The van der Waals surface area contributed by atoms with Crippen LogP contribution in [-0.2, 0) is 0 Å². The van der Waals surface area contributed by atoms with Crippen LogP contribution in [0.4, 0.5) is 0 Å². The minimum atomic E-state index is -0.133. The number of pyridine rings is 1. The average molecular weight is 335 g/mol. The predicted octanol–water partition coefficient (Wildman–Crippen LogP) is 2.43. The molecule has 2 aromatic heterocycles. The normalized spacial score (nSPS) is 14.7. The Labute approximate surface area is 144 Å². The highest BCUT2D eigenvalue weighted by atomic mass is 16.3. The van der Waals surface area contributed by atoms with Gasteiger partial charge in [0.25, 0.3) is 11.8 Å². The van der Waals surface area contributed by atoms with Gasteiger partial charge in [0, 0.05) is 37.8 Å². The lowest BCUT2D eigenvalue weighted by atomic mass is 10.1. The van der Waals surface area contributed by atoms with Crippen molar-refractivity contribution in [3.8, 4) is 0 Å². The number of rotatable bonds is 2. The van der Waals surface area contributed by atoms with Gasteiger partial charge in [-0.2, -0.15) is 0 Å². The number of hydrogen-bond acceptors (Lipinski definition) is 4. The lowest BCUT2D eigenvalue weighted by Crippen LogP contribution is -2.50. The molecule has 0 aliphatic carbocycles. The van der Waals surface area contributed by atoms with Crippen LogP contribution in [0.3, 0.4) is 0 Å². The molecule has 3 heterocycles. The fourth-order valence-electron chi connectivity index (χ4n) is 3.12. The molecule has 0 unspecified atom stereocenters. The van der Waals surface area contributed by atoms with E-state index < -0.39 is 0 Å². The van der Waals surface area contributed by atoms with Gasteiger partial charge in [0.1, 0.15) is 0 Å². The maximum atomic E-state index is 12.9. The number of benzene rings is 1. The molecule has 0 bridgehead atoms. The van der Waals surface area contributed by atoms with E-state index in [0.717, 1.165) is 10.9 Å². The van der Waals surface area contributed by atoms with Crippen LogP contribution in [0.25, 0.3) is 10.9 Å². The number of para-hydroxylation sites is 1. The second-order valence-electron chi connectivity index (χ2n) is 5.94. The average Bonchev–Trinajstić information content (AvgIpc) is 3.21. The number of amides is 2. The smallest absolute Gasteiger partial charge is 0.289 e. The van der Waals surface area contributed by atoms with Gasteiger partial charge in [0.15, 0.2) is 5.76 Å². The summed E-state index contributed by atoms with van der Waals surface area (Å²) in [6, 6.07) is 12.7. The van der Waals surface area contributed by atoms with Gasteiger partial charge in [-0.3, -0.25) is 14.6 Å². The molecule has 1 saturated heterocycles. The molecule has 1 aliphatic rings. The monoisotopic (exact) mass is 335 g/mol. The summed E-state index contributed by atoms with van der Waals surface area (Å²) in [5, 5.41) is 0.851. The van der Waals surface area contributed by atoms with Crippen LogP contribution >= 0.6 is 0 Å². The highest BCUT2D eigenvalue weighted by Crippen LogP contribution is 2.19. The first-order valence-electron chi connectivity index (χ1n) is 8.20. The number of aromatic nitrogens is 1. The maximum absolute atomic E-state index is 12.9. The van der Waals surface area contributed by atoms with Crippen molar-refractivity contribution in [2.45, 2.75) is 0 Å². The third-order valence-corrected chi connectivity index (χ3v) is 4.47. The van der Waals surface area contributed by atoms with Crippen LogP contribution in [-0.4, -0.2) is 52.8 Å². The third kappa shape index (κ3) is 2.87. The van der Waals surface area contributed by atoms with Gasteiger partial charge >= 0.3 is 0 Å². The Hall–Kier alpha value is -3.15. The zero-order valence-electron chi connectivity index (χ0n) is 13.6. The zero-order chi connectivity index (χ0) is 17.2. The highest BCUT2D eigenvalue weighted by molar-refractivity contribution is 6.06. The second-order valence-corrected chi connectivity index (χ2v) is 5.94. The molecule has 0 spiro atoms. The van der Waals surface area contributed by atoms with E-state index in [1.165, 1.54) is 6.26 Å². The molecule has 0 atom stereocenters. The molecule has 0 saturated carbocycles. The first kappa shape index (κ1) is 15.4. The minimum absolute atomic E-state index is 0.0244. The molecule has 6 nitrogen and oxygen atoms in total. The fourth-order valence-corrected chi connectivity index (χ4v) is 3.12. The lowest BCUT2D eigenvalue weighted by Gasteiger charge is -2.34. The second kappa shape index (κ2) is 6.39. The summed E-state index contributed by atoms with van der Waals surface area (Å²) in [4.78, 5) is 33.0. The molecule has 1 fully saturated rings.